The van der Waals surface area contributed by atoms with Crippen LogP contribution in [-0.4, -0.2) is 65.9 Å². The molecule has 0 aliphatic carbocycles. The smallest absolute Gasteiger partial charge is 0.485 e. The molecule has 0 unspecified atom stereocenters. The van der Waals surface area contributed by atoms with E-state index in [-0.39, 0.29) is 53.9 Å². The summed E-state index contributed by atoms with van der Waals surface area (Å²) in [5.41, 5.74) is -2.42. The highest BCUT2D eigenvalue weighted by Gasteiger charge is 2.42. The molecular weight excluding hydrogens is 1320 g/mol. The Morgan fingerprint density at radius 2 is 0.892 bits per heavy atom. The molecule has 1 aliphatic rings. The fourth-order valence-electron chi connectivity index (χ4n) is 8.74. The maximum atomic E-state index is 15.0. The van der Waals surface area contributed by atoms with Crippen LogP contribution >= 0.6 is 11.8 Å². The second kappa shape index (κ2) is 33.8. The molecule has 0 amide bonds. The van der Waals surface area contributed by atoms with Crippen molar-refractivity contribution < 1.29 is 107 Å². The summed E-state index contributed by atoms with van der Waals surface area (Å²) in [6, 6.07) is 29.9. The number of hydrogen-bond donors (Lipinski definition) is 1. The number of alkyl halides is 7. The Morgan fingerprint density at radius 1 is 0.516 bits per heavy atom. The molecule has 1 N–H and O–H groups in total. The van der Waals surface area contributed by atoms with Gasteiger partial charge in [-0.3, -0.25) is 8.78 Å². The molecule has 0 atom stereocenters. The van der Waals surface area contributed by atoms with E-state index in [1.807, 2.05) is 55.5 Å². The average Bonchev–Trinajstić information content (AvgIpc) is 0.789. The summed E-state index contributed by atoms with van der Waals surface area (Å²) >= 11 is 2.96. The van der Waals surface area contributed by atoms with E-state index in [2.05, 4.69) is 16.4 Å². The van der Waals surface area contributed by atoms with E-state index in [4.69, 9.17) is 22.8 Å². The molecule has 7 nitrogen and oxygen atoms in total. The van der Waals surface area contributed by atoms with Crippen LogP contribution in [0, 0.1) is 58.2 Å². The number of phenolic OH excluding ortho intramolecular Hbond substituents is 1. The van der Waals surface area contributed by atoms with Crippen LogP contribution in [0.3, 0.4) is 0 Å². The first-order chi connectivity index (χ1) is 44.0. The topological polar surface area (TPSA) is 105 Å². The SMILES string of the molecule is CCCc1ccc(-c2ccc(-c3cc(F)c(C(F)(F)Oc4cc(F)c(OCCCF)c(F)c4)c(F)c3)c(F)c2)cc1.CCCc1ccc(-c2ccc(-c3cc(F)c(C4=[S+]CCCS4)c(F)c3)c(F)c2)cc1.O=S(=O)([O-])C(F)(F)F.Oc1cc(F)c(OCCCF)c(F)c1. The van der Waals surface area contributed by atoms with Crippen molar-refractivity contribution in [1.82, 2.24) is 0 Å². The fraction of sp³-hybridized carbons (Fsp3) is 0.258. The molecule has 8 aromatic carbocycles. The largest absolute Gasteiger partial charge is 0.741 e. The fourth-order valence-corrected chi connectivity index (χ4v) is 11.4. The van der Waals surface area contributed by atoms with Gasteiger partial charge in [0.2, 0.25) is 0 Å². The zero-order chi connectivity index (χ0) is 68.4. The minimum Gasteiger partial charge on any atom is -0.741 e. The van der Waals surface area contributed by atoms with Crippen LogP contribution in [0.25, 0.3) is 44.5 Å². The van der Waals surface area contributed by atoms with Crippen molar-refractivity contribution in [3.8, 4) is 67.5 Å². The van der Waals surface area contributed by atoms with Gasteiger partial charge in [0.05, 0.1) is 26.6 Å². The van der Waals surface area contributed by atoms with Gasteiger partial charge in [0.15, 0.2) is 62.0 Å². The minimum absolute atomic E-state index is 0.0117. The van der Waals surface area contributed by atoms with Gasteiger partial charge in [0.1, 0.15) is 57.5 Å². The summed E-state index contributed by atoms with van der Waals surface area (Å²) in [5.74, 6) is -12.5. The van der Waals surface area contributed by atoms with Crippen LogP contribution in [0.1, 0.15) is 68.2 Å². The zero-order valence-corrected chi connectivity index (χ0v) is 51.4. The van der Waals surface area contributed by atoms with Crippen molar-refractivity contribution in [3.05, 3.63) is 214 Å². The zero-order valence-electron chi connectivity index (χ0n) is 48.9. The molecule has 0 fully saturated rings. The lowest BCUT2D eigenvalue weighted by Crippen LogP contribution is -2.25. The first-order valence-corrected chi connectivity index (χ1v) is 31.4. The first kappa shape index (κ1) is 74.2. The van der Waals surface area contributed by atoms with Gasteiger partial charge < -0.3 is 23.9 Å². The Kier molecular flexibility index (Phi) is 27.0. The van der Waals surface area contributed by atoms with Crippen LogP contribution in [0.15, 0.2) is 133 Å². The number of benzene rings is 8. The van der Waals surface area contributed by atoms with E-state index in [0.717, 1.165) is 72.4 Å². The predicted molar refractivity (Wildman–Crippen MR) is 323 cm³/mol. The number of aromatic hydroxyl groups is 1. The predicted octanol–water partition coefficient (Wildman–Crippen LogP) is 19.1. The van der Waals surface area contributed by atoms with Gasteiger partial charge in [-0.05, 0) is 93.7 Å². The summed E-state index contributed by atoms with van der Waals surface area (Å²) in [5, 5.41) is 8.79. The molecule has 0 saturated heterocycles. The van der Waals surface area contributed by atoms with Crippen molar-refractivity contribution in [3.63, 3.8) is 0 Å². The number of aryl methyl sites for hydroxylation is 2. The first-order valence-electron chi connectivity index (χ1n) is 28.0. The van der Waals surface area contributed by atoms with Crippen LogP contribution in [-0.2, 0) is 40.4 Å². The lowest BCUT2D eigenvalue weighted by molar-refractivity contribution is -0.189. The van der Waals surface area contributed by atoms with E-state index >= 15 is 0 Å². The molecule has 0 spiro atoms. The third-order valence-electron chi connectivity index (χ3n) is 13.1. The Morgan fingerprint density at radius 3 is 1.25 bits per heavy atom. The van der Waals surface area contributed by atoms with Gasteiger partial charge in [0.25, 0.3) is 4.20 Å². The summed E-state index contributed by atoms with van der Waals surface area (Å²) in [4.78, 5) is 0. The third kappa shape index (κ3) is 20.6. The quantitative estimate of drug-likeness (QED) is 0.0201. The van der Waals surface area contributed by atoms with Crippen molar-refractivity contribution >= 4 is 37.4 Å². The van der Waals surface area contributed by atoms with Crippen LogP contribution in [0.5, 0.6) is 23.0 Å². The Hall–Kier alpha value is -7.88. The van der Waals surface area contributed by atoms with Gasteiger partial charge in [-0.25, -0.2) is 52.3 Å². The second-order valence-corrected chi connectivity index (χ2v) is 23.8. The van der Waals surface area contributed by atoms with Gasteiger partial charge in [-0.15, -0.1) is 0 Å². The molecule has 1 aliphatic heterocycles. The molecule has 8 aromatic rings. The normalized spacial score (nSPS) is 12.3. The third-order valence-corrected chi connectivity index (χ3v) is 16.3. The van der Waals surface area contributed by atoms with Crippen LogP contribution < -0.4 is 14.2 Å². The highest BCUT2D eigenvalue weighted by atomic mass is 32.2. The monoisotopic (exact) mass is 1380 g/mol. The van der Waals surface area contributed by atoms with E-state index < -0.39 is 122 Å². The molecule has 27 heteroatoms. The highest BCUT2D eigenvalue weighted by Crippen LogP contribution is 2.40. The standard InChI is InChI=1S/C31H24F8O2.C25H22F3S2.C9H9F3O2.CHF3O3S/c1-2-4-18-5-7-19(8-6-18)20-9-10-23(24(33)13-20)21-14-25(34)29(26(35)15-21)31(38,39)41-22-16-27(36)30(28(37)17-22)40-12-3-11-32;1-2-4-16-5-7-17(8-6-16)18-9-10-20(21(26)13-18)19-14-22(27)24(23(28)15-19)25-29-11-3-12-30-25;10-2-1-3-14-9-7(11)4-6(13)5-8(9)12;2-1(3,4)8(5,6)7/h5-10,13-17H,2-4,11-12H2,1H3;5-10,13-15H,2-4,11-12H2,1H3;4-5,13H,1-3H2;(H,5,6,7)/q;+1;;/p-1. The molecule has 0 saturated carbocycles. The Labute approximate surface area is 531 Å². The second-order valence-electron chi connectivity index (χ2n) is 20.0. The summed E-state index contributed by atoms with van der Waals surface area (Å²) in [7, 11) is -6.09. The van der Waals surface area contributed by atoms with Crippen molar-refractivity contribution in [2.75, 3.05) is 38.1 Å². The number of ether oxygens (including phenoxy) is 3. The summed E-state index contributed by atoms with van der Waals surface area (Å²) < 4.78 is 270. The lowest BCUT2D eigenvalue weighted by atomic mass is 9.97. The van der Waals surface area contributed by atoms with Gasteiger partial charge in [-0.1, -0.05) is 111 Å². The maximum absolute atomic E-state index is 15.0. The van der Waals surface area contributed by atoms with Crippen LogP contribution in [0.2, 0.25) is 0 Å². The Balaban J connectivity index is 0.000000228. The number of hydrogen-bond acceptors (Lipinski definition) is 8. The van der Waals surface area contributed by atoms with E-state index in [0.29, 0.717) is 39.6 Å². The Bertz CT molecular complexity index is 3890. The molecule has 0 bridgehead atoms. The minimum atomic E-state index is -6.09. The summed E-state index contributed by atoms with van der Waals surface area (Å²) in [6.07, 6.45) is 0.165. The van der Waals surface area contributed by atoms with E-state index in [1.165, 1.54) is 65.1 Å². The molecule has 93 heavy (non-hydrogen) atoms. The number of halogens is 17. The molecule has 0 aromatic heterocycles. The summed E-state index contributed by atoms with van der Waals surface area (Å²) in [6.45, 7) is 2.28. The number of rotatable bonds is 20. The van der Waals surface area contributed by atoms with Crippen molar-refractivity contribution in [2.24, 2.45) is 0 Å². The lowest BCUT2D eigenvalue weighted by Gasteiger charge is -2.20. The van der Waals surface area contributed by atoms with Gasteiger partial charge in [-0.2, -0.15) is 22.0 Å². The van der Waals surface area contributed by atoms with E-state index in [9.17, 15) is 74.6 Å². The average molecular weight is 1380 g/mol. The van der Waals surface area contributed by atoms with Crippen LogP contribution in [0.4, 0.5) is 74.6 Å². The number of thioether (sulfide) groups is 1. The van der Waals surface area contributed by atoms with Gasteiger partial charge in [0, 0.05) is 60.4 Å². The molecule has 1 heterocycles. The molecular formula is C66H55F17O7S3. The van der Waals surface area contributed by atoms with Gasteiger partial charge >= 0.3 is 11.6 Å². The van der Waals surface area contributed by atoms with E-state index in [1.54, 1.807) is 12.1 Å². The van der Waals surface area contributed by atoms with Crippen molar-refractivity contribution in [2.45, 2.75) is 70.4 Å². The highest BCUT2D eigenvalue weighted by molar-refractivity contribution is 8.23. The molecule has 9 rings (SSSR count). The molecule has 498 valence electrons. The maximum Gasteiger partial charge on any atom is 0.485 e. The number of phenols is 1. The molecule has 0 radical (unpaired) electrons. The van der Waals surface area contributed by atoms with Crippen molar-refractivity contribution in [1.29, 1.82) is 0 Å².